The predicted octanol–water partition coefficient (Wildman–Crippen LogP) is 2.57. The minimum Gasteiger partial charge on any atom is -0.493 e. The lowest BCUT2D eigenvalue weighted by Gasteiger charge is -2.36. The van der Waals surface area contributed by atoms with Gasteiger partial charge in [0.05, 0.1) is 20.3 Å². The number of benzene rings is 1. The summed E-state index contributed by atoms with van der Waals surface area (Å²) in [7, 11) is 3.33. The maximum atomic E-state index is 10.1. The van der Waals surface area contributed by atoms with Crippen molar-refractivity contribution in [3.63, 3.8) is 0 Å². The lowest BCUT2D eigenvalue weighted by Crippen LogP contribution is -2.52. The first-order valence-corrected chi connectivity index (χ1v) is 10.8. The molecule has 1 aromatic rings. The van der Waals surface area contributed by atoms with Gasteiger partial charge in [-0.05, 0) is 37.5 Å². The van der Waals surface area contributed by atoms with Crippen LogP contribution in [-0.4, -0.2) is 80.5 Å². The van der Waals surface area contributed by atoms with E-state index in [4.69, 9.17) is 14.5 Å². The smallest absolute Gasteiger partial charge is 0.194 e. The number of nitrogens with zero attached hydrogens (tertiary/aromatic N) is 3. The number of aliphatic imine (C=N–C) groups is 1. The van der Waals surface area contributed by atoms with Crippen LogP contribution in [0.3, 0.4) is 0 Å². The molecule has 1 heterocycles. The zero-order valence-corrected chi connectivity index (χ0v) is 20.8. The van der Waals surface area contributed by atoms with Gasteiger partial charge in [0.25, 0.3) is 0 Å². The molecule has 1 saturated heterocycles. The van der Waals surface area contributed by atoms with Gasteiger partial charge >= 0.3 is 0 Å². The molecule has 0 aromatic heterocycles. The van der Waals surface area contributed by atoms with Gasteiger partial charge in [0.2, 0.25) is 0 Å². The van der Waals surface area contributed by atoms with Gasteiger partial charge in [-0.3, -0.25) is 9.89 Å². The van der Waals surface area contributed by atoms with Gasteiger partial charge in [-0.15, -0.1) is 24.0 Å². The average Bonchev–Trinajstić information content (AvgIpc) is 3.16. The standard InChI is InChI=1S/C22H36N4O3.HI/c1-4-23-22(24-15-18-6-5-7-19(18)27)26-12-10-25(11-13-26)16-17-8-9-20(28-2)21(14-17)29-3;/h8-9,14,18-19,27H,4-7,10-13,15-16H2,1-3H3,(H,23,24);1H. The lowest BCUT2D eigenvalue weighted by atomic mass is 10.1. The maximum absolute atomic E-state index is 10.1. The minimum atomic E-state index is -0.181. The SMILES string of the molecule is CCNC(=NCC1CCCC1O)N1CCN(Cc2ccc(OC)c(OC)c2)CC1.I. The molecule has 1 aliphatic heterocycles. The third kappa shape index (κ3) is 6.62. The van der Waals surface area contributed by atoms with E-state index >= 15 is 0 Å². The van der Waals surface area contributed by atoms with Gasteiger partial charge in [0.15, 0.2) is 17.5 Å². The van der Waals surface area contributed by atoms with Crippen LogP contribution >= 0.6 is 24.0 Å². The summed E-state index contributed by atoms with van der Waals surface area (Å²) in [6.07, 6.45) is 2.95. The van der Waals surface area contributed by atoms with Gasteiger partial charge in [-0.2, -0.15) is 0 Å². The van der Waals surface area contributed by atoms with Gasteiger partial charge < -0.3 is 24.8 Å². The molecule has 7 nitrogen and oxygen atoms in total. The van der Waals surface area contributed by atoms with Crippen LogP contribution in [0.5, 0.6) is 11.5 Å². The Morgan fingerprint density at radius 1 is 1.13 bits per heavy atom. The van der Waals surface area contributed by atoms with Crippen molar-refractivity contribution in [3.8, 4) is 11.5 Å². The maximum Gasteiger partial charge on any atom is 0.194 e. The number of aliphatic hydroxyl groups excluding tert-OH is 1. The predicted molar refractivity (Wildman–Crippen MR) is 131 cm³/mol. The van der Waals surface area contributed by atoms with Crippen LogP contribution in [0.15, 0.2) is 23.2 Å². The van der Waals surface area contributed by atoms with Crippen molar-refractivity contribution in [2.24, 2.45) is 10.9 Å². The van der Waals surface area contributed by atoms with E-state index in [1.807, 2.05) is 6.07 Å². The molecule has 1 aliphatic carbocycles. The number of hydrogen-bond donors (Lipinski definition) is 2. The quantitative estimate of drug-likeness (QED) is 0.320. The molecule has 1 aromatic carbocycles. The summed E-state index contributed by atoms with van der Waals surface area (Å²) in [5.41, 5.74) is 1.23. The van der Waals surface area contributed by atoms with Crippen molar-refractivity contribution in [2.75, 3.05) is 53.5 Å². The number of halogens is 1. The van der Waals surface area contributed by atoms with Crippen molar-refractivity contribution < 1.29 is 14.6 Å². The molecular formula is C22H37IN4O3. The Bertz CT molecular complexity index is 680. The average molecular weight is 532 g/mol. The molecule has 0 amide bonds. The summed E-state index contributed by atoms with van der Waals surface area (Å²) in [5, 5.41) is 13.5. The Hall–Kier alpha value is -1.26. The van der Waals surface area contributed by atoms with E-state index < -0.39 is 0 Å². The highest BCUT2D eigenvalue weighted by Crippen LogP contribution is 2.28. The topological polar surface area (TPSA) is 69.6 Å². The number of rotatable bonds is 7. The number of guanidine groups is 1. The molecule has 1 saturated carbocycles. The van der Waals surface area contributed by atoms with Gasteiger partial charge in [-0.25, -0.2) is 0 Å². The summed E-state index contributed by atoms with van der Waals surface area (Å²) >= 11 is 0. The highest BCUT2D eigenvalue weighted by atomic mass is 127. The number of ether oxygens (including phenoxy) is 2. The summed E-state index contributed by atoms with van der Waals surface area (Å²) in [6, 6.07) is 6.13. The molecule has 2 fully saturated rings. The first-order chi connectivity index (χ1) is 14.1. The molecule has 2 N–H and O–H groups in total. The summed E-state index contributed by atoms with van der Waals surface area (Å²) in [4.78, 5) is 9.65. The number of hydrogen-bond acceptors (Lipinski definition) is 5. The molecule has 170 valence electrons. The fraction of sp³-hybridized carbons (Fsp3) is 0.682. The highest BCUT2D eigenvalue weighted by molar-refractivity contribution is 14.0. The minimum absolute atomic E-state index is 0. The number of piperazine rings is 1. The third-order valence-corrected chi connectivity index (χ3v) is 5.96. The van der Waals surface area contributed by atoms with E-state index in [9.17, 15) is 5.11 Å². The first kappa shape index (κ1) is 25.0. The Kier molecular flexibility index (Phi) is 10.5. The zero-order chi connectivity index (χ0) is 20.6. The first-order valence-electron chi connectivity index (χ1n) is 10.8. The van der Waals surface area contributed by atoms with Crippen LogP contribution in [0.1, 0.15) is 31.7 Å². The van der Waals surface area contributed by atoms with E-state index in [0.717, 1.165) is 82.5 Å². The summed E-state index contributed by atoms with van der Waals surface area (Å²) in [5.74, 6) is 2.84. The normalized spacial score (nSPS) is 22.5. The van der Waals surface area contributed by atoms with Crippen molar-refractivity contribution in [2.45, 2.75) is 38.8 Å². The van der Waals surface area contributed by atoms with Crippen LogP contribution in [-0.2, 0) is 6.54 Å². The molecular weight excluding hydrogens is 495 g/mol. The largest absolute Gasteiger partial charge is 0.493 e. The molecule has 3 rings (SSSR count). The number of aliphatic hydroxyl groups is 1. The zero-order valence-electron chi connectivity index (χ0n) is 18.5. The van der Waals surface area contributed by atoms with E-state index in [1.54, 1.807) is 14.2 Å². The van der Waals surface area contributed by atoms with Crippen molar-refractivity contribution in [1.82, 2.24) is 15.1 Å². The molecule has 0 spiro atoms. The van der Waals surface area contributed by atoms with Gasteiger partial charge in [-0.1, -0.05) is 12.5 Å². The van der Waals surface area contributed by atoms with Crippen LogP contribution in [0.25, 0.3) is 0 Å². The summed E-state index contributed by atoms with van der Waals surface area (Å²) < 4.78 is 10.8. The molecule has 8 heteroatoms. The van der Waals surface area contributed by atoms with Gasteiger partial charge in [0, 0.05) is 51.7 Å². The van der Waals surface area contributed by atoms with E-state index in [0.29, 0.717) is 5.92 Å². The second-order valence-electron chi connectivity index (χ2n) is 7.91. The Morgan fingerprint density at radius 2 is 1.87 bits per heavy atom. The van der Waals surface area contributed by atoms with Crippen molar-refractivity contribution in [3.05, 3.63) is 23.8 Å². The van der Waals surface area contributed by atoms with Crippen LogP contribution < -0.4 is 14.8 Å². The van der Waals surface area contributed by atoms with Gasteiger partial charge in [0.1, 0.15) is 0 Å². The number of nitrogens with one attached hydrogen (secondary N) is 1. The Labute approximate surface area is 197 Å². The van der Waals surface area contributed by atoms with Crippen molar-refractivity contribution >= 4 is 29.9 Å². The van der Waals surface area contributed by atoms with Crippen molar-refractivity contribution in [1.29, 1.82) is 0 Å². The van der Waals surface area contributed by atoms with Crippen LogP contribution in [0, 0.1) is 5.92 Å². The molecule has 2 atom stereocenters. The molecule has 0 bridgehead atoms. The molecule has 0 radical (unpaired) electrons. The fourth-order valence-corrected chi connectivity index (χ4v) is 4.21. The second kappa shape index (κ2) is 12.6. The monoisotopic (exact) mass is 532 g/mol. The number of methoxy groups -OCH3 is 2. The summed E-state index contributed by atoms with van der Waals surface area (Å²) in [6.45, 7) is 8.46. The second-order valence-corrected chi connectivity index (χ2v) is 7.91. The van der Waals surface area contributed by atoms with Crippen LogP contribution in [0.4, 0.5) is 0 Å². The molecule has 30 heavy (non-hydrogen) atoms. The van der Waals surface area contributed by atoms with E-state index in [-0.39, 0.29) is 30.1 Å². The van der Waals surface area contributed by atoms with E-state index in [1.165, 1.54) is 5.56 Å². The highest BCUT2D eigenvalue weighted by Gasteiger charge is 2.26. The Balaban J connectivity index is 0.00000320. The van der Waals surface area contributed by atoms with Crippen LogP contribution in [0.2, 0.25) is 0 Å². The third-order valence-electron chi connectivity index (χ3n) is 5.96. The molecule has 2 unspecified atom stereocenters. The lowest BCUT2D eigenvalue weighted by molar-refractivity contribution is 0.136. The Morgan fingerprint density at radius 3 is 2.47 bits per heavy atom. The molecule has 2 aliphatic rings. The fourth-order valence-electron chi connectivity index (χ4n) is 4.21. The van der Waals surface area contributed by atoms with E-state index in [2.05, 4.69) is 34.2 Å².